The molecule has 0 spiro atoms. The highest BCUT2D eigenvalue weighted by atomic mass is 16.4. The van der Waals surface area contributed by atoms with E-state index in [-0.39, 0.29) is 0 Å². The van der Waals surface area contributed by atoms with E-state index in [1.165, 1.54) is 5.56 Å². The first kappa shape index (κ1) is 12.9. The number of hydrogen-bond donors (Lipinski definition) is 1. The van der Waals surface area contributed by atoms with E-state index in [1.54, 1.807) is 12.4 Å². The van der Waals surface area contributed by atoms with E-state index in [4.69, 9.17) is 0 Å². The summed E-state index contributed by atoms with van der Waals surface area (Å²) < 4.78 is 0. The van der Waals surface area contributed by atoms with Crippen LogP contribution in [0.2, 0.25) is 0 Å². The molecule has 1 atom stereocenters. The quantitative estimate of drug-likeness (QED) is 0.930. The minimum absolute atomic E-state index is 0.530. The van der Waals surface area contributed by atoms with Gasteiger partial charge in [0, 0.05) is 12.4 Å². The number of pyridine rings is 1. The fraction of sp³-hybridized carbons (Fsp3) is 0.294. The van der Waals surface area contributed by atoms with Gasteiger partial charge in [0.2, 0.25) is 0 Å². The van der Waals surface area contributed by atoms with Crippen LogP contribution in [-0.2, 0) is 23.1 Å². The SMILES string of the molecule is O=C(O)C1(Cc2ccncc2)CCCc2ccccc21. The van der Waals surface area contributed by atoms with Gasteiger partial charge in [-0.05, 0) is 54.5 Å². The molecule has 1 N–H and O–H groups in total. The number of carboxylic acid groups (broad SMARTS) is 1. The molecule has 3 nitrogen and oxygen atoms in total. The van der Waals surface area contributed by atoms with Crippen molar-refractivity contribution < 1.29 is 9.90 Å². The Morgan fingerprint density at radius 1 is 1.20 bits per heavy atom. The highest BCUT2D eigenvalue weighted by Gasteiger charge is 2.43. The molecular weight excluding hydrogens is 250 g/mol. The third-order valence-electron chi connectivity index (χ3n) is 4.25. The lowest BCUT2D eigenvalue weighted by Crippen LogP contribution is -2.41. The first-order valence-corrected chi connectivity index (χ1v) is 6.93. The monoisotopic (exact) mass is 267 g/mol. The molecule has 0 fully saturated rings. The zero-order valence-electron chi connectivity index (χ0n) is 11.2. The van der Waals surface area contributed by atoms with Crippen LogP contribution in [0.15, 0.2) is 48.8 Å². The number of carboxylic acids is 1. The summed E-state index contributed by atoms with van der Waals surface area (Å²) in [6.07, 6.45) is 6.57. The van der Waals surface area contributed by atoms with E-state index < -0.39 is 11.4 Å². The molecule has 1 aliphatic carbocycles. The predicted octanol–water partition coefficient (Wildman–Crippen LogP) is 2.98. The number of aromatic nitrogens is 1. The second-order valence-electron chi connectivity index (χ2n) is 5.43. The van der Waals surface area contributed by atoms with Crippen molar-refractivity contribution in [2.45, 2.75) is 31.1 Å². The molecule has 3 rings (SSSR count). The Hall–Kier alpha value is -2.16. The highest BCUT2D eigenvalue weighted by molar-refractivity contribution is 5.83. The molecule has 1 aromatic carbocycles. The summed E-state index contributed by atoms with van der Waals surface area (Å²) >= 11 is 0. The van der Waals surface area contributed by atoms with E-state index >= 15 is 0 Å². The van der Waals surface area contributed by atoms with Crippen LogP contribution in [0, 0.1) is 0 Å². The largest absolute Gasteiger partial charge is 0.481 e. The number of rotatable bonds is 3. The number of fused-ring (bicyclic) bond motifs is 1. The van der Waals surface area contributed by atoms with Crippen molar-refractivity contribution in [3.05, 3.63) is 65.5 Å². The molecule has 2 aromatic rings. The lowest BCUT2D eigenvalue weighted by Gasteiger charge is -2.35. The van der Waals surface area contributed by atoms with Crippen LogP contribution in [0.1, 0.15) is 29.5 Å². The number of carbonyl (C=O) groups is 1. The first-order valence-electron chi connectivity index (χ1n) is 6.93. The second kappa shape index (κ2) is 5.08. The molecule has 102 valence electrons. The fourth-order valence-electron chi connectivity index (χ4n) is 3.25. The van der Waals surface area contributed by atoms with Gasteiger partial charge in [-0.2, -0.15) is 0 Å². The van der Waals surface area contributed by atoms with Gasteiger partial charge >= 0.3 is 5.97 Å². The van der Waals surface area contributed by atoms with Crippen molar-refractivity contribution in [2.24, 2.45) is 0 Å². The van der Waals surface area contributed by atoms with Crippen LogP contribution in [0.4, 0.5) is 0 Å². The van der Waals surface area contributed by atoms with Crippen molar-refractivity contribution in [2.75, 3.05) is 0 Å². The third kappa shape index (κ3) is 2.09. The molecule has 0 saturated carbocycles. The Kier molecular flexibility index (Phi) is 3.26. The predicted molar refractivity (Wildman–Crippen MR) is 76.6 cm³/mol. The number of aliphatic carboxylic acids is 1. The lowest BCUT2D eigenvalue weighted by molar-refractivity contribution is -0.144. The van der Waals surface area contributed by atoms with Crippen molar-refractivity contribution in [3.8, 4) is 0 Å². The number of nitrogens with zero attached hydrogens (tertiary/aromatic N) is 1. The van der Waals surface area contributed by atoms with Gasteiger partial charge in [-0.25, -0.2) is 0 Å². The molecule has 1 heterocycles. The molecular formula is C17H17NO2. The minimum Gasteiger partial charge on any atom is -0.481 e. The van der Waals surface area contributed by atoms with Crippen molar-refractivity contribution in [3.63, 3.8) is 0 Å². The van der Waals surface area contributed by atoms with E-state index in [1.807, 2.05) is 30.3 Å². The van der Waals surface area contributed by atoms with E-state index in [9.17, 15) is 9.90 Å². The van der Waals surface area contributed by atoms with Crippen LogP contribution >= 0.6 is 0 Å². The number of aryl methyl sites for hydroxylation is 1. The van der Waals surface area contributed by atoms with Gasteiger partial charge in [-0.3, -0.25) is 9.78 Å². The molecule has 0 aliphatic heterocycles. The van der Waals surface area contributed by atoms with E-state index in [0.29, 0.717) is 12.8 Å². The molecule has 3 heteroatoms. The zero-order chi connectivity index (χ0) is 14.0. The van der Waals surface area contributed by atoms with Gasteiger partial charge in [0.1, 0.15) is 0 Å². The summed E-state index contributed by atoms with van der Waals surface area (Å²) in [5.41, 5.74) is 2.39. The molecule has 0 saturated heterocycles. The normalized spacial score (nSPS) is 21.2. The topological polar surface area (TPSA) is 50.2 Å². The third-order valence-corrected chi connectivity index (χ3v) is 4.25. The van der Waals surface area contributed by atoms with Crippen LogP contribution < -0.4 is 0 Å². The Morgan fingerprint density at radius 2 is 1.95 bits per heavy atom. The Morgan fingerprint density at radius 3 is 2.70 bits per heavy atom. The maximum Gasteiger partial charge on any atom is 0.314 e. The van der Waals surface area contributed by atoms with Gasteiger partial charge in [0.15, 0.2) is 0 Å². The zero-order valence-corrected chi connectivity index (χ0v) is 11.2. The summed E-state index contributed by atoms with van der Waals surface area (Å²) in [7, 11) is 0. The smallest absolute Gasteiger partial charge is 0.314 e. The highest BCUT2D eigenvalue weighted by Crippen LogP contribution is 2.40. The average molecular weight is 267 g/mol. The molecule has 1 aromatic heterocycles. The summed E-state index contributed by atoms with van der Waals surface area (Å²) in [6, 6.07) is 11.8. The first-order chi connectivity index (χ1) is 9.72. The molecule has 0 amide bonds. The van der Waals surface area contributed by atoms with Gasteiger partial charge in [-0.15, -0.1) is 0 Å². The van der Waals surface area contributed by atoms with Gasteiger partial charge in [0.25, 0.3) is 0 Å². The average Bonchev–Trinajstić information content (AvgIpc) is 2.48. The van der Waals surface area contributed by atoms with E-state index in [2.05, 4.69) is 11.1 Å². The molecule has 0 radical (unpaired) electrons. The molecule has 20 heavy (non-hydrogen) atoms. The van der Waals surface area contributed by atoms with Gasteiger partial charge in [0.05, 0.1) is 5.41 Å². The molecule has 1 aliphatic rings. The number of hydrogen-bond acceptors (Lipinski definition) is 2. The maximum atomic E-state index is 12.0. The van der Waals surface area contributed by atoms with Crippen LogP contribution in [0.3, 0.4) is 0 Å². The van der Waals surface area contributed by atoms with Crippen LogP contribution in [-0.4, -0.2) is 16.1 Å². The van der Waals surface area contributed by atoms with Crippen molar-refractivity contribution in [1.82, 2.24) is 4.98 Å². The Balaban J connectivity index is 2.08. The van der Waals surface area contributed by atoms with E-state index in [0.717, 1.165) is 24.0 Å². The minimum atomic E-state index is -0.795. The van der Waals surface area contributed by atoms with Crippen molar-refractivity contribution in [1.29, 1.82) is 0 Å². The van der Waals surface area contributed by atoms with Crippen LogP contribution in [0.5, 0.6) is 0 Å². The standard InChI is InChI=1S/C17H17NO2/c19-16(20)17(12-13-7-10-18-11-8-13)9-3-5-14-4-1-2-6-15(14)17/h1-2,4,6-8,10-11H,3,5,9,12H2,(H,19,20). The fourth-order valence-corrected chi connectivity index (χ4v) is 3.25. The summed E-state index contributed by atoms with van der Waals surface area (Å²) in [6.45, 7) is 0. The summed E-state index contributed by atoms with van der Waals surface area (Å²) in [5.74, 6) is -0.721. The van der Waals surface area contributed by atoms with Crippen molar-refractivity contribution >= 4 is 5.97 Å². The Labute approximate surface area is 118 Å². The molecule has 1 unspecified atom stereocenters. The summed E-state index contributed by atoms with van der Waals surface area (Å²) in [4.78, 5) is 16.0. The maximum absolute atomic E-state index is 12.0. The van der Waals surface area contributed by atoms with Gasteiger partial charge in [-0.1, -0.05) is 24.3 Å². The lowest BCUT2D eigenvalue weighted by atomic mass is 9.67. The molecule has 0 bridgehead atoms. The Bertz CT molecular complexity index is 624. The second-order valence-corrected chi connectivity index (χ2v) is 5.43. The van der Waals surface area contributed by atoms with Crippen LogP contribution in [0.25, 0.3) is 0 Å². The number of benzene rings is 1. The summed E-state index contributed by atoms with van der Waals surface area (Å²) in [5, 5.41) is 9.88. The van der Waals surface area contributed by atoms with Gasteiger partial charge < -0.3 is 5.11 Å².